The standard InChI is InChI=1S/C22H20N2O5S/c1-28-21(26)15-12-30-20-16(23)19(25)24(20)17(15)22(27)29-18(13-8-4-2-5-9-13)14-10-6-3-7-11-14/h2-11,16,18,20H,12,23H2,1H3/t16?,20-/m1/s1. The molecule has 2 aliphatic heterocycles. The molecule has 0 spiro atoms. The molecule has 154 valence electrons. The maximum Gasteiger partial charge on any atom is 0.356 e. The SMILES string of the molecule is COC(=O)C1=C(C(=O)OC(c2ccccc2)c2ccccc2)N2C(=O)C(N)[C@H]2SC1. The van der Waals surface area contributed by atoms with E-state index in [2.05, 4.69) is 0 Å². The highest BCUT2D eigenvalue weighted by Crippen LogP contribution is 2.41. The molecule has 0 radical (unpaired) electrons. The first-order valence-corrected chi connectivity index (χ1v) is 10.4. The third-order valence-corrected chi connectivity index (χ3v) is 6.37. The van der Waals surface area contributed by atoms with Gasteiger partial charge in [-0.2, -0.15) is 0 Å². The largest absolute Gasteiger partial charge is 0.466 e. The number of methoxy groups -OCH3 is 1. The Morgan fingerprint density at radius 1 is 1.03 bits per heavy atom. The van der Waals surface area contributed by atoms with Crippen LogP contribution in [0.5, 0.6) is 0 Å². The maximum atomic E-state index is 13.3. The van der Waals surface area contributed by atoms with Gasteiger partial charge in [-0.25, -0.2) is 9.59 Å². The lowest BCUT2D eigenvalue weighted by atomic mass is 10.0. The van der Waals surface area contributed by atoms with E-state index in [-0.39, 0.29) is 17.0 Å². The highest BCUT2D eigenvalue weighted by molar-refractivity contribution is 8.00. The molecule has 2 N–H and O–H groups in total. The lowest BCUT2D eigenvalue weighted by Gasteiger charge is -2.48. The lowest BCUT2D eigenvalue weighted by Crippen LogP contribution is -2.68. The van der Waals surface area contributed by atoms with Gasteiger partial charge in [0.25, 0.3) is 0 Å². The number of rotatable bonds is 5. The van der Waals surface area contributed by atoms with Crippen molar-refractivity contribution in [1.82, 2.24) is 4.90 Å². The highest BCUT2D eigenvalue weighted by Gasteiger charge is 2.53. The summed E-state index contributed by atoms with van der Waals surface area (Å²) in [5, 5.41) is -0.402. The van der Waals surface area contributed by atoms with Crippen LogP contribution in [0, 0.1) is 0 Å². The van der Waals surface area contributed by atoms with Gasteiger partial charge in [0, 0.05) is 5.75 Å². The molecule has 7 nitrogen and oxygen atoms in total. The van der Waals surface area contributed by atoms with E-state index >= 15 is 0 Å². The number of esters is 2. The molecular formula is C22H20N2O5S. The van der Waals surface area contributed by atoms with Crippen LogP contribution in [0.1, 0.15) is 17.2 Å². The van der Waals surface area contributed by atoms with Gasteiger partial charge in [-0.1, -0.05) is 60.7 Å². The van der Waals surface area contributed by atoms with Gasteiger partial charge in [0.15, 0.2) is 6.10 Å². The summed E-state index contributed by atoms with van der Waals surface area (Å²) in [7, 11) is 1.23. The summed E-state index contributed by atoms with van der Waals surface area (Å²) < 4.78 is 10.7. The first kappa shape index (κ1) is 20.2. The monoisotopic (exact) mass is 424 g/mol. The van der Waals surface area contributed by atoms with Gasteiger partial charge in [0.2, 0.25) is 5.91 Å². The van der Waals surface area contributed by atoms with E-state index in [1.807, 2.05) is 60.7 Å². The molecule has 2 aromatic rings. The van der Waals surface area contributed by atoms with Gasteiger partial charge >= 0.3 is 11.9 Å². The lowest BCUT2D eigenvalue weighted by molar-refractivity contribution is -0.153. The van der Waals surface area contributed by atoms with Crippen LogP contribution in [-0.2, 0) is 23.9 Å². The van der Waals surface area contributed by atoms with Crippen LogP contribution < -0.4 is 5.73 Å². The van der Waals surface area contributed by atoms with E-state index < -0.39 is 35.4 Å². The van der Waals surface area contributed by atoms with Crippen LogP contribution in [0.3, 0.4) is 0 Å². The number of β-lactam (4-membered cyclic amide) rings is 1. The second-order valence-corrected chi connectivity index (χ2v) is 7.97. The number of amides is 1. The molecule has 8 heteroatoms. The Bertz CT molecular complexity index is 969. The molecule has 1 unspecified atom stereocenters. The molecule has 1 saturated heterocycles. The van der Waals surface area contributed by atoms with Crippen molar-refractivity contribution in [3.8, 4) is 0 Å². The van der Waals surface area contributed by atoms with Crippen molar-refractivity contribution in [2.24, 2.45) is 5.73 Å². The number of nitrogens with two attached hydrogens (primary N) is 1. The smallest absolute Gasteiger partial charge is 0.356 e. The van der Waals surface area contributed by atoms with Gasteiger partial charge in [0.1, 0.15) is 17.1 Å². The number of benzene rings is 2. The molecule has 0 bridgehead atoms. The number of hydrogen-bond acceptors (Lipinski definition) is 7. The van der Waals surface area contributed by atoms with Crippen molar-refractivity contribution in [2.75, 3.05) is 12.9 Å². The molecule has 0 saturated carbocycles. The predicted octanol–water partition coefficient (Wildman–Crippen LogP) is 1.99. The van der Waals surface area contributed by atoms with E-state index in [0.717, 1.165) is 11.1 Å². The number of nitrogens with zero attached hydrogens (tertiary/aromatic N) is 1. The molecule has 2 heterocycles. The minimum absolute atomic E-state index is 0.0887. The Balaban J connectivity index is 1.72. The van der Waals surface area contributed by atoms with Gasteiger partial charge in [0.05, 0.1) is 12.7 Å². The Hall–Kier alpha value is -3.10. The summed E-state index contributed by atoms with van der Waals surface area (Å²) in [6.07, 6.45) is -0.704. The van der Waals surface area contributed by atoms with Crippen LogP contribution in [-0.4, -0.2) is 47.0 Å². The quantitative estimate of drug-likeness (QED) is 0.579. The first-order chi connectivity index (χ1) is 14.5. The molecule has 30 heavy (non-hydrogen) atoms. The number of carbonyl (C=O) groups excluding carboxylic acids is 3. The molecule has 1 amide bonds. The molecule has 0 aliphatic carbocycles. The third-order valence-electron chi connectivity index (χ3n) is 5.06. The molecular weight excluding hydrogens is 404 g/mol. The normalized spacial score (nSPS) is 20.5. The zero-order valence-electron chi connectivity index (χ0n) is 16.2. The zero-order chi connectivity index (χ0) is 21.3. The van der Waals surface area contributed by atoms with Crippen LogP contribution >= 0.6 is 11.8 Å². The average molecular weight is 424 g/mol. The number of hydrogen-bond donors (Lipinski definition) is 1. The molecule has 2 atom stereocenters. The average Bonchev–Trinajstić information content (AvgIpc) is 2.81. The zero-order valence-corrected chi connectivity index (χ0v) is 17.0. The van der Waals surface area contributed by atoms with Crippen molar-refractivity contribution in [3.63, 3.8) is 0 Å². The van der Waals surface area contributed by atoms with E-state index in [0.29, 0.717) is 0 Å². The number of ether oxygens (including phenoxy) is 2. The Labute approximate surface area is 177 Å². The van der Waals surface area contributed by atoms with Crippen molar-refractivity contribution < 1.29 is 23.9 Å². The minimum Gasteiger partial charge on any atom is -0.466 e. The second kappa shape index (κ2) is 8.33. The molecule has 2 aliphatic rings. The van der Waals surface area contributed by atoms with E-state index in [9.17, 15) is 14.4 Å². The molecule has 1 fully saturated rings. The fraction of sp³-hybridized carbons (Fsp3) is 0.227. The molecule has 0 aromatic heterocycles. The minimum atomic E-state index is -0.765. The van der Waals surface area contributed by atoms with Gasteiger partial charge < -0.3 is 15.2 Å². The van der Waals surface area contributed by atoms with Crippen molar-refractivity contribution in [3.05, 3.63) is 83.1 Å². The van der Waals surface area contributed by atoms with Crippen LogP contribution in [0.4, 0.5) is 0 Å². The maximum absolute atomic E-state index is 13.3. The topological polar surface area (TPSA) is 98.9 Å². The van der Waals surface area contributed by atoms with Crippen LogP contribution in [0.25, 0.3) is 0 Å². The number of fused-ring (bicyclic) bond motifs is 1. The Morgan fingerprint density at radius 2 is 1.60 bits per heavy atom. The van der Waals surface area contributed by atoms with Crippen molar-refractivity contribution >= 4 is 29.6 Å². The fourth-order valence-corrected chi connectivity index (χ4v) is 4.81. The predicted molar refractivity (Wildman–Crippen MR) is 111 cm³/mol. The first-order valence-electron chi connectivity index (χ1n) is 9.35. The summed E-state index contributed by atoms with van der Waals surface area (Å²) in [5.74, 6) is -1.65. The summed E-state index contributed by atoms with van der Waals surface area (Å²) in [4.78, 5) is 39.2. The number of thioether (sulfide) groups is 1. The number of carbonyl (C=O) groups is 3. The fourth-order valence-electron chi connectivity index (χ4n) is 3.53. The summed E-state index contributed by atoms with van der Waals surface area (Å²) in [6.45, 7) is 0. The van der Waals surface area contributed by atoms with Gasteiger partial charge in [-0.15, -0.1) is 11.8 Å². The van der Waals surface area contributed by atoms with Crippen molar-refractivity contribution in [2.45, 2.75) is 17.5 Å². The van der Waals surface area contributed by atoms with Crippen LogP contribution in [0.15, 0.2) is 71.9 Å². The summed E-state index contributed by atoms with van der Waals surface area (Å²) in [6, 6.07) is 17.8. The van der Waals surface area contributed by atoms with Gasteiger partial charge in [-0.3, -0.25) is 9.69 Å². The van der Waals surface area contributed by atoms with Crippen LogP contribution in [0.2, 0.25) is 0 Å². The second-order valence-electron chi connectivity index (χ2n) is 6.86. The Morgan fingerprint density at radius 3 is 2.13 bits per heavy atom. The van der Waals surface area contributed by atoms with Crippen molar-refractivity contribution in [1.29, 1.82) is 0 Å². The highest BCUT2D eigenvalue weighted by atomic mass is 32.2. The van der Waals surface area contributed by atoms with E-state index in [1.165, 1.54) is 23.8 Å². The molecule has 2 aromatic carbocycles. The van der Waals surface area contributed by atoms with E-state index in [1.54, 1.807) is 0 Å². The van der Waals surface area contributed by atoms with E-state index in [4.69, 9.17) is 15.2 Å². The summed E-state index contributed by atoms with van der Waals surface area (Å²) in [5.41, 5.74) is 7.42. The van der Waals surface area contributed by atoms with Gasteiger partial charge in [-0.05, 0) is 11.1 Å². The third kappa shape index (κ3) is 3.48. The molecule has 4 rings (SSSR count). The Kier molecular flexibility index (Phi) is 5.61. The summed E-state index contributed by atoms with van der Waals surface area (Å²) >= 11 is 1.32.